The Labute approximate surface area is 207 Å². The van der Waals surface area contributed by atoms with Gasteiger partial charge in [0.05, 0.1) is 17.3 Å². The van der Waals surface area contributed by atoms with Gasteiger partial charge in [0.2, 0.25) is 5.91 Å². The summed E-state index contributed by atoms with van der Waals surface area (Å²) in [5, 5.41) is 15.6. The summed E-state index contributed by atoms with van der Waals surface area (Å²) >= 11 is 0. The lowest BCUT2D eigenvalue weighted by Gasteiger charge is -2.38. The summed E-state index contributed by atoms with van der Waals surface area (Å²) in [6, 6.07) is 13.6. The maximum atomic E-state index is 13.8. The molecule has 2 aliphatic rings. The monoisotopic (exact) mass is 493 g/mol. The van der Waals surface area contributed by atoms with Crippen LogP contribution in [-0.4, -0.2) is 40.9 Å². The average molecular weight is 494 g/mol. The average Bonchev–Trinajstić information content (AvgIpc) is 3.44. The normalized spacial score (nSPS) is 21.2. The van der Waals surface area contributed by atoms with Gasteiger partial charge < -0.3 is 15.4 Å². The number of halogens is 1. The second kappa shape index (κ2) is 9.59. The van der Waals surface area contributed by atoms with Gasteiger partial charge in [-0.3, -0.25) is 19.9 Å². The maximum absolute atomic E-state index is 13.8. The van der Waals surface area contributed by atoms with Gasteiger partial charge in [-0.05, 0) is 50.1 Å². The van der Waals surface area contributed by atoms with Crippen molar-refractivity contribution in [2.45, 2.75) is 33.2 Å². The largest absolute Gasteiger partial charge is 0.481 e. The van der Waals surface area contributed by atoms with Gasteiger partial charge in [0.25, 0.3) is 5.91 Å². The number of hydrogen-bond acceptors (Lipinski definition) is 7. The Morgan fingerprint density at radius 2 is 2.00 bits per heavy atom. The number of para-hydroxylation sites is 1. The Morgan fingerprint density at radius 1 is 1.19 bits per heavy atom. The molecule has 0 aliphatic carbocycles. The standard InChI is InChI=1S/C25H28FN7O3/c1-14-7-6-9-19(16(14)3)32-23-17(12-27-32)24(35)30-25(29-23)33-21(11-15(2)31-33)28-22(34)13-36-20-10-5-4-8-18(20)26/h4-11,17,23,25,27,29H,12-13H2,1-3H3,(H,28,34)(H,30,35). The van der Waals surface area contributed by atoms with Crippen LogP contribution in [0.15, 0.2) is 48.5 Å². The van der Waals surface area contributed by atoms with Gasteiger partial charge >= 0.3 is 0 Å². The molecule has 1 aromatic heterocycles. The fourth-order valence-corrected chi connectivity index (χ4v) is 4.51. The molecule has 36 heavy (non-hydrogen) atoms. The molecule has 3 atom stereocenters. The maximum Gasteiger partial charge on any atom is 0.263 e. The van der Waals surface area contributed by atoms with E-state index in [0.29, 0.717) is 18.1 Å². The van der Waals surface area contributed by atoms with E-state index in [-0.39, 0.29) is 30.3 Å². The number of amides is 2. The van der Waals surface area contributed by atoms with Gasteiger partial charge in [-0.25, -0.2) is 14.5 Å². The van der Waals surface area contributed by atoms with E-state index in [2.05, 4.69) is 26.5 Å². The first-order valence-electron chi connectivity index (χ1n) is 11.7. The molecule has 4 N–H and O–H groups in total. The molecule has 2 amide bonds. The van der Waals surface area contributed by atoms with Gasteiger partial charge in [0.15, 0.2) is 24.5 Å². The van der Waals surface area contributed by atoms with Gasteiger partial charge in [-0.15, -0.1) is 0 Å². The minimum atomic E-state index is -0.706. The highest BCUT2D eigenvalue weighted by molar-refractivity contribution is 5.91. The third-order valence-electron chi connectivity index (χ3n) is 6.49. The van der Waals surface area contributed by atoms with Crippen LogP contribution in [0.1, 0.15) is 23.1 Å². The molecule has 2 aromatic carbocycles. The molecule has 2 aliphatic heterocycles. The molecule has 3 heterocycles. The van der Waals surface area contributed by atoms with E-state index in [9.17, 15) is 14.0 Å². The molecule has 10 nitrogen and oxygen atoms in total. The number of nitrogens with zero attached hydrogens (tertiary/aromatic N) is 3. The van der Waals surface area contributed by atoms with E-state index in [1.165, 1.54) is 16.8 Å². The SMILES string of the molecule is Cc1cc(NC(=O)COc2ccccc2F)n(C2NC(=O)C3CNN(c4cccc(C)c4C)C3N2)n1. The predicted molar refractivity (Wildman–Crippen MR) is 131 cm³/mol. The summed E-state index contributed by atoms with van der Waals surface area (Å²) in [6.45, 7) is 5.99. The third kappa shape index (κ3) is 4.50. The quantitative estimate of drug-likeness (QED) is 0.416. The fraction of sp³-hybridized carbons (Fsp3) is 0.320. The number of fused-ring (bicyclic) bond motifs is 1. The lowest BCUT2D eigenvalue weighted by atomic mass is 10.0. The summed E-state index contributed by atoms with van der Waals surface area (Å²) in [6.07, 6.45) is -1.04. The van der Waals surface area contributed by atoms with Crippen molar-refractivity contribution in [3.05, 3.63) is 71.2 Å². The van der Waals surface area contributed by atoms with Crippen LogP contribution in [0.2, 0.25) is 0 Å². The molecule has 5 rings (SSSR count). The number of carbonyl (C=O) groups is 2. The Kier molecular flexibility index (Phi) is 6.33. The fourth-order valence-electron chi connectivity index (χ4n) is 4.51. The third-order valence-corrected chi connectivity index (χ3v) is 6.49. The minimum Gasteiger partial charge on any atom is -0.481 e. The summed E-state index contributed by atoms with van der Waals surface area (Å²) < 4.78 is 20.6. The smallest absolute Gasteiger partial charge is 0.263 e. The number of anilines is 2. The van der Waals surface area contributed by atoms with Crippen LogP contribution in [-0.2, 0) is 9.59 Å². The van der Waals surface area contributed by atoms with Crippen molar-refractivity contribution in [3.8, 4) is 5.75 Å². The van der Waals surface area contributed by atoms with Crippen molar-refractivity contribution in [3.63, 3.8) is 0 Å². The lowest BCUT2D eigenvalue weighted by molar-refractivity contribution is -0.129. The molecule has 0 saturated carbocycles. The molecule has 11 heteroatoms. The molecule has 2 fully saturated rings. The first-order chi connectivity index (χ1) is 17.3. The zero-order valence-corrected chi connectivity index (χ0v) is 20.2. The lowest BCUT2D eigenvalue weighted by Crippen LogP contribution is -2.62. The molecule has 0 spiro atoms. The highest BCUT2D eigenvalue weighted by Crippen LogP contribution is 2.31. The first-order valence-corrected chi connectivity index (χ1v) is 11.7. The van der Waals surface area contributed by atoms with Gasteiger partial charge in [0, 0.05) is 12.6 Å². The van der Waals surface area contributed by atoms with Crippen LogP contribution in [0.5, 0.6) is 5.75 Å². The number of rotatable bonds is 6. The zero-order chi connectivity index (χ0) is 25.4. The Balaban J connectivity index is 1.33. The van der Waals surface area contributed by atoms with Crippen molar-refractivity contribution < 1.29 is 18.7 Å². The summed E-state index contributed by atoms with van der Waals surface area (Å²) in [4.78, 5) is 25.6. The van der Waals surface area contributed by atoms with Crippen LogP contribution >= 0.6 is 0 Å². The number of hydrazine groups is 1. The molecule has 2 saturated heterocycles. The van der Waals surface area contributed by atoms with Crippen molar-refractivity contribution in [1.29, 1.82) is 0 Å². The minimum absolute atomic E-state index is 0.00939. The topological polar surface area (TPSA) is 113 Å². The van der Waals surface area contributed by atoms with E-state index in [1.54, 1.807) is 25.1 Å². The van der Waals surface area contributed by atoms with Crippen LogP contribution in [0.4, 0.5) is 15.9 Å². The number of aromatic nitrogens is 2. The number of benzene rings is 2. The van der Waals surface area contributed by atoms with Crippen molar-refractivity contribution >= 4 is 23.3 Å². The number of ether oxygens (including phenoxy) is 1. The molecular formula is C25H28FN7O3. The number of carbonyl (C=O) groups excluding carboxylic acids is 2. The highest BCUT2D eigenvalue weighted by Gasteiger charge is 2.45. The van der Waals surface area contributed by atoms with E-state index >= 15 is 0 Å². The van der Waals surface area contributed by atoms with Crippen molar-refractivity contribution in [1.82, 2.24) is 25.8 Å². The first kappa shape index (κ1) is 23.8. The van der Waals surface area contributed by atoms with E-state index < -0.39 is 18.0 Å². The molecular weight excluding hydrogens is 465 g/mol. The van der Waals surface area contributed by atoms with Crippen LogP contribution in [0.25, 0.3) is 0 Å². The Bertz CT molecular complexity index is 1310. The number of nitrogens with one attached hydrogen (secondary N) is 4. The number of aryl methyl sites for hydroxylation is 2. The Morgan fingerprint density at radius 3 is 2.81 bits per heavy atom. The van der Waals surface area contributed by atoms with Crippen LogP contribution in [0, 0.1) is 32.5 Å². The molecule has 3 aromatic rings. The van der Waals surface area contributed by atoms with Crippen molar-refractivity contribution in [2.24, 2.45) is 5.92 Å². The van der Waals surface area contributed by atoms with E-state index in [0.717, 1.165) is 16.8 Å². The molecule has 188 valence electrons. The summed E-state index contributed by atoms with van der Waals surface area (Å²) in [5.74, 6) is -1.12. The second-order valence-corrected chi connectivity index (χ2v) is 8.96. The van der Waals surface area contributed by atoms with Gasteiger partial charge in [0.1, 0.15) is 12.0 Å². The van der Waals surface area contributed by atoms with E-state index in [1.807, 2.05) is 37.1 Å². The van der Waals surface area contributed by atoms with Gasteiger partial charge in [-0.2, -0.15) is 5.10 Å². The highest BCUT2D eigenvalue weighted by atomic mass is 19.1. The number of hydrogen-bond donors (Lipinski definition) is 4. The van der Waals surface area contributed by atoms with Gasteiger partial charge in [-0.1, -0.05) is 24.3 Å². The predicted octanol–water partition coefficient (Wildman–Crippen LogP) is 2.11. The second-order valence-electron chi connectivity index (χ2n) is 8.96. The molecule has 3 unspecified atom stereocenters. The zero-order valence-electron chi connectivity index (χ0n) is 20.2. The van der Waals surface area contributed by atoms with E-state index in [4.69, 9.17) is 4.74 Å². The van der Waals surface area contributed by atoms with Crippen LogP contribution < -0.4 is 31.1 Å². The van der Waals surface area contributed by atoms with Crippen LogP contribution in [0.3, 0.4) is 0 Å². The summed E-state index contributed by atoms with van der Waals surface area (Å²) in [7, 11) is 0. The summed E-state index contributed by atoms with van der Waals surface area (Å²) in [5.41, 5.74) is 7.24. The molecule has 0 bridgehead atoms. The Hall–Kier alpha value is -3.96. The van der Waals surface area contributed by atoms with Crippen molar-refractivity contribution in [2.75, 3.05) is 23.5 Å². The molecule has 0 radical (unpaired) electrons.